The third-order valence-corrected chi connectivity index (χ3v) is 5.02. The summed E-state index contributed by atoms with van der Waals surface area (Å²) in [4.78, 5) is 28.5. The number of benzene rings is 1. The van der Waals surface area contributed by atoms with E-state index in [0.717, 1.165) is 23.5 Å². The molecule has 26 heavy (non-hydrogen) atoms. The minimum atomic E-state index is -0.579. The van der Waals surface area contributed by atoms with Gasteiger partial charge in [-0.15, -0.1) is 11.3 Å². The summed E-state index contributed by atoms with van der Waals surface area (Å²) >= 11 is 1.55. The molecule has 1 atom stereocenters. The van der Waals surface area contributed by atoms with Crippen LogP contribution >= 0.6 is 11.3 Å². The van der Waals surface area contributed by atoms with Crippen molar-refractivity contribution in [3.05, 3.63) is 45.9 Å². The molecule has 1 aliphatic carbocycles. The van der Waals surface area contributed by atoms with Gasteiger partial charge in [0, 0.05) is 11.4 Å². The van der Waals surface area contributed by atoms with Gasteiger partial charge in [0.1, 0.15) is 17.9 Å². The molecule has 7 heteroatoms. The van der Waals surface area contributed by atoms with Gasteiger partial charge < -0.3 is 14.8 Å². The minimum absolute atomic E-state index is 0.124. The Balaban J connectivity index is 1.54. The first-order chi connectivity index (χ1) is 12.5. The summed E-state index contributed by atoms with van der Waals surface area (Å²) in [7, 11) is 0. The van der Waals surface area contributed by atoms with E-state index >= 15 is 0 Å². The third kappa shape index (κ3) is 5.05. The van der Waals surface area contributed by atoms with Gasteiger partial charge in [-0.25, -0.2) is 9.78 Å². The molecule has 1 fully saturated rings. The fraction of sp³-hybridized carbons (Fsp3) is 0.421. The van der Waals surface area contributed by atoms with Gasteiger partial charge in [-0.3, -0.25) is 4.79 Å². The van der Waals surface area contributed by atoms with Crippen molar-refractivity contribution in [2.45, 2.75) is 39.3 Å². The van der Waals surface area contributed by atoms with Crippen LogP contribution in [0.15, 0.2) is 29.6 Å². The number of nitrogens with one attached hydrogen (secondary N) is 1. The van der Waals surface area contributed by atoms with Crippen LogP contribution in [0.2, 0.25) is 0 Å². The Morgan fingerprint density at radius 3 is 2.81 bits per heavy atom. The summed E-state index contributed by atoms with van der Waals surface area (Å²) in [6.07, 6.45) is 2.29. The average Bonchev–Trinajstić information content (AvgIpc) is 3.40. The molecule has 6 nitrogen and oxygen atoms in total. The molecule has 1 amide bonds. The van der Waals surface area contributed by atoms with Gasteiger partial charge in [-0.1, -0.05) is 12.1 Å². The molecule has 0 spiro atoms. The lowest BCUT2D eigenvalue weighted by Gasteiger charge is -2.13. The van der Waals surface area contributed by atoms with Crippen LogP contribution in [0.4, 0.5) is 0 Å². The summed E-state index contributed by atoms with van der Waals surface area (Å²) in [5.74, 6) is 0.103. The second kappa shape index (κ2) is 8.31. The van der Waals surface area contributed by atoms with Gasteiger partial charge in [-0.2, -0.15) is 0 Å². The maximum absolute atomic E-state index is 12.3. The number of ether oxygens (including phenoxy) is 2. The molecule has 1 saturated carbocycles. The first kappa shape index (κ1) is 18.4. The molecule has 1 aliphatic rings. The van der Waals surface area contributed by atoms with Crippen LogP contribution in [0.5, 0.6) is 5.75 Å². The molecule has 3 rings (SSSR count). The van der Waals surface area contributed by atoms with Crippen LogP contribution in [0.3, 0.4) is 0 Å². The zero-order chi connectivity index (χ0) is 18.5. The maximum atomic E-state index is 12.3. The number of aromatic nitrogens is 1. The highest BCUT2D eigenvalue weighted by molar-refractivity contribution is 7.09. The lowest BCUT2D eigenvalue weighted by atomic mass is 10.2. The van der Waals surface area contributed by atoms with Gasteiger partial charge in [0.05, 0.1) is 10.7 Å². The number of amides is 1. The van der Waals surface area contributed by atoms with E-state index in [9.17, 15) is 9.59 Å². The molecule has 1 aromatic heterocycles. The molecule has 0 unspecified atom stereocenters. The van der Waals surface area contributed by atoms with E-state index in [1.807, 2.05) is 19.2 Å². The monoisotopic (exact) mass is 374 g/mol. The normalized spacial score (nSPS) is 14.5. The minimum Gasteiger partial charge on any atom is -0.486 e. The Morgan fingerprint density at radius 1 is 1.35 bits per heavy atom. The molecular formula is C19H22N2O4S. The molecule has 0 saturated heterocycles. The molecule has 1 N–H and O–H groups in total. The van der Waals surface area contributed by atoms with Crippen LogP contribution in [0.1, 0.15) is 40.8 Å². The molecule has 0 radical (unpaired) electrons. The van der Waals surface area contributed by atoms with E-state index < -0.39 is 5.97 Å². The number of hydrogen-bond acceptors (Lipinski definition) is 6. The zero-order valence-electron chi connectivity index (χ0n) is 14.9. The van der Waals surface area contributed by atoms with Gasteiger partial charge >= 0.3 is 5.97 Å². The van der Waals surface area contributed by atoms with Crippen LogP contribution in [-0.2, 0) is 16.1 Å². The lowest BCUT2D eigenvalue weighted by molar-refractivity contribution is -0.125. The molecule has 2 aromatic rings. The summed E-state index contributed by atoms with van der Waals surface area (Å²) in [6, 6.07) is 6.95. The first-order valence-electron chi connectivity index (χ1n) is 8.62. The van der Waals surface area contributed by atoms with Crippen molar-refractivity contribution < 1.29 is 19.1 Å². The van der Waals surface area contributed by atoms with Crippen molar-refractivity contribution in [2.75, 3.05) is 6.61 Å². The predicted octanol–water partition coefficient (Wildman–Crippen LogP) is 3.10. The summed E-state index contributed by atoms with van der Waals surface area (Å²) < 4.78 is 10.9. The second-order valence-corrected chi connectivity index (χ2v) is 7.47. The van der Waals surface area contributed by atoms with Crippen molar-refractivity contribution in [3.63, 3.8) is 0 Å². The van der Waals surface area contributed by atoms with Gasteiger partial charge in [0.2, 0.25) is 0 Å². The Hall–Kier alpha value is -2.41. The van der Waals surface area contributed by atoms with Crippen molar-refractivity contribution in [3.8, 4) is 5.75 Å². The quantitative estimate of drug-likeness (QED) is 0.719. The number of nitrogens with zero attached hydrogens (tertiary/aromatic N) is 1. The fourth-order valence-corrected chi connectivity index (χ4v) is 3.20. The lowest BCUT2D eigenvalue weighted by Crippen LogP contribution is -2.37. The van der Waals surface area contributed by atoms with Crippen LogP contribution in [-0.4, -0.2) is 29.5 Å². The number of para-hydroxylation sites is 1. The van der Waals surface area contributed by atoms with E-state index in [4.69, 9.17) is 9.47 Å². The highest BCUT2D eigenvalue weighted by Gasteiger charge is 2.29. The van der Waals surface area contributed by atoms with E-state index in [1.54, 1.807) is 35.6 Å². The van der Waals surface area contributed by atoms with Crippen molar-refractivity contribution in [1.82, 2.24) is 10.3 Å². The number of carbonyl (C=O) groups excluding carboxylic acids is 2. The molecular weight excluding hydrogens is 352 g/mol. The number of aryl methyl sites for hydroxylation is 1. The second-order valence-electron chi connectivity index (χ2n) is 6.41. The molecule has 1 aromatic carbocycles. The molecule has 0 bridgehead atoms. The molecule has 1 heterocycles. The number of hydrogen-bond donors (Lipinski definition) is 1. The highest BCUT2D eigenvalue weighted by atomic mass is 32.1. The van der Waals surface area contributed by atoms with Crippen LogP contribution in [0, 0.1) is 12.8 Å². The number of esters is 1. The van der Waals surface area contributed by atoms with E-state index in [2.05, 4.69) is 10.3 Å². The van der Waals surface area contributed by atoms with E-state index in [1.165, 1.54) is 0 Å². The Labute approximate surface area is 156 Å². The zero-order valence-corrected chi connectivity index (χ0v) is 15.7. The topological polar surface area (TPSA) is 77.5 Å². The Bertz CT molecular complexity index is 785. The third-order valence-electron chi connectivity index (χ3n) is 4.20. The van der Waals surface area contributed by atoms with Crippen LogP contribution < -0.4 is 10.1 Å². The Morgan fingerprint density at radius 2 is 2.12 bits per heavy atom. The molecule has 138 valence electrons. The first-order valence-corrected chi connectivity index (χ1v) is 9.50. The smallest absolute Gasteiger partial charge is 0.342 e. The standard InChI is InChI=1S/C19H22N2O4S/c1-12(14-7-8-14)20-18(22)10-25-19(23)16-5-3-4-6-17(16)24-9-15-11-26-13(2)21-15/h3-6,11-12,14H,7-10H2,1-2H3,(H,20,22)/t12-/m1/s1. The molecule has 0 aliphatic heterocycles. The summed E-state index contributed by atoms with van der Waals surface area (Å²) in [5, 5.41) is 5.74. The van der Waals surface area contributed by atoms with Crippen molar-refractivity contribution in [1.29, 1.82) is 0 Å². The average molecular weight is 374 g/mol. The fourth-order valence-electron chi connectivity index (χ4n) is 2.61. The van der Waals surface area contributed by atoms with Gasteiger partial charge in [0.15, 0.2) is 6.61 Å². The number of carbonyl (C=O) groups is 2. The predicted molar refractivity (Wildman–Crippen MR) is 98.2 cm³/mol. The number of rotatable bonds is 8. The summed E-state index contributed by atoms with van der Waals surface area (Å²) in [5.41, 5.74) is 1.10. The van der Waals surface area contributed by atoms with E-state index in [-0.39, 0.29) is 25.2 Å². The SMILES string of the molecule is Cc1nc(COc2ccccc2C(=O)OCC(=O)N[C@H](C)C2CC2)cs1. The van der Waals surface area contributed by atoms with Crippen molar-refractivity contribution >= 4 is 23.2 Å². The summed E-state index contributed by atoms with van der Waals surface area (Å²) in [6.45, 7) is 3.87. The Kier molecular flexibility index (Phi) is 5.88. The number of thiazole rings is 1. The van der Waals surface area contributed by atoms with Gasteiger partial charge in [0.25, 0.3) is 5.91 Å². The maximum Gasteiger partial charge on any atom is 0.342 e. The van der Waals surface area contributed by atoms with Crippen LogP contribution in [0.25, 0.3) is 0 Å². The largest absolute Gasteiger partial charge is 0.486 e. The van der Waals surface area contributed by atoms with E-state index in [0.29, 0.717) is 17.2 Å². The highest BCUT2D eigenvalue weighted by Crippen LogP contribution is 2.32. The van der Waals surface area contributed by atoms with Gasteiger partial charge in [-0.05, 0) is 44.7 Å². The van der Waals surface area contributed by atoms with Crippen molar-refractivity contribution in [2.24, 2.45) is 5.92 Å².